The summed E-state index contributed by atoms with van der Waals surface area (Å²) in [4.78, 5) is 15.5. The molecular weight excluding hydrogens is 888 g/mol. The first kappa shape index (κ1) is 40.5. The number of halogens is 6. The van der Waals surface area contributed by atoms with E-state index >= 15 is 0 Å². The van der Waals surface area contributed by atoms with E-state index in [2.05, 4.69) is 51.1 Å². The number of nitrogens with zero attached hydrogens (tertiary/aromatic N) is 1. The summed E-state index contributed by atoms with van der Waals surface area (Å²) < 4.78 is 78.0. The number of carbonyl (C=O) groups excluding carboxylic acids is 1. The zero-order valence-electron chi connectivity index (χ0n) is 28.4. The first-order chi connectivity index (χ1) is 22.0. The Labute approximate surface area is 301 Å². The van der Waals surface area contributed by atoms with Gasteiger partial charge in [0.15, 0.2) is 5.78 Å². The number of aliphatic hydroxyl groups is 1. The third-order valence-electron chi connectivity index (χ3n) is 8.29. The van der Waals surface area contributed by atoms with Gasteiger partial charge in [-0.15, -0.1) is 0 Å². The molecule has 265 valence electrons. The largest absolute Gasteiger partial charge is 0 e. The van der Waals surface area contributed by atoms with E-state index in [4.69, 9.17) is 10.1 Å². The van der Waals surface area contributed by atoms with Gasteiger partial charge >= 0.3 is 223 Å². The topological polar surface area (TPSA) is 50.2 Å². The Morgan fingerprint density at radius 3 is 2.10 bits per heavy atom. The van der Waals surface area contributed by atoms with Gasteiger partial charge in [0.1, 0.15) is 0 Å². The van der Waals surface area contributed by atoms with E-state index in [0.717, 1.165) is 38.5 Å². The van der Waals surface area contributed by atoms with Crippen LogP contribution in [-0.2, 0) is 36.7 Å². The number of rotatable bonds is 5. The Balaban J connectivity index is 0.000000430. The maximum Gasteiger partial charge on any atom is 0 e. The number of alkyl halides is 6. The SMILES string of the molecule is CC(C)C(=O)/C=C(\O)C(F)(F)F.Cc1c(CC(C)(C)C(F)(F)F)ccc2c1[se]c1c(-c3[c-]c4ccccc4c(C(C)(C)C)c3)nccc12.[Ir]. The number of hydrogen-bond donors (Lipinski definition) is 1. The fourth-order valence-electron chi connectivity index (χ4n) is 5.26. The van der Waals surface area contributed by atoms with Crippen LogP contribution >= 0.6 is 0 Å². The van der Waals surface area contributed by atoms with Crippen LogP contribution in [0.25, 0.3) is 41.3 Å². The van der Waals surface area contributed by atoms with E-state index in [-0.39, 0.29) is 52.5 Å². The number of carbonyl (C=O) groups is 1. The molecule has 0 amide bonds. The number of aliphatic hydroxyl groups excluding tert-OH is 1. The molecule has 1 N–H and O–H groups in total. The van der Waals surface area contributed by atoms with Crippen LogP contribution in [0.2, 0.25) is 0 Å². The number of fused-ring (bicyclic) bond motifs is 4. The molecule has 3 aromatic carbocycles. The molecule has 0 aliphatic rings. The van der Waals surface area contributed by atoms with Crippen molar-refractivity contribution >= 4 is 50.4 Å². The van der Waals surface area contributed by atoms with Gasteiger partial charge < -0.3 is 5.11 Å². The molecule has 11 heteroatoms. The minimum Gasteiger partial charge on any atom is 0 e. The molecule has 49 heavy (non-hydrogen) atoms. The molecule has 3 nitrogen and oxygen atoms in total. The molecule has 0 aliphatic carbocycles. The molecular formula is C38H38F6IrNO2Se-. The Hall–Kier alpha value is -2.97. The quantitative estimate of drug-likeness (QED) is 0.0628. The van der Waals surface area contributed by atoms with Crippen molar-refractivity contribution < 1.29 is 56.3 Å². The molecule has 2 heterocycles. The van der Waals surface area contributed by atoms with Crippen LogP contribution < -0.4 is 0 Å². The molecule has 0 fully saturated rings. The Morgan fingerprint density at radius 2 is 1.53 bits per heavy atom. The minimum absolute atomic E-state index is 0. The van der Waals surface area contributed by atoms with E-state index < -0.39 is 35.2 Å². The Morgan fingerprint density at radius 1 is 0.918 bits per heavy atom. The van der Waals surface area contributed by atoms with E-state index in [0.29, 0.717) is 0 Å². The molecule has 0 bridgehead atoms. The fraction of sp³-hybridized carbons (Fsp3) is 0.368. The van der Waals surface area contributed by atoms with Crippen LogP contribution in [0.5, 0.6) is 0 Å². The summed E-state index contributed by atoms with van der Waals surface area (Å²) in [5.74, 6) is -3.14. The van der Waals surface area contributed by atoms with Crippen LogP contribution in [0.15, 0.2) is 66.6 Å². The summed E-state index contributed by atoms with van der Waals surface area (Å²) >= 11 is -0.0574. The maximum atomic E-state index is 13.6. The third-order valence-corrected chi connectivity index (χ3v) is 11.1. The van der Waals surface area contributed by atoms with Crippen LogP contribution in [0.1, 0.15) is 65.2 Å². The zero-order chi connectivity index (χ0) is 36.0. The van der Waals surface area contributed by atoms with Gasteiger partial charge in [0.25, 0.3) is 0 Å². The number of aryl methyl sites for hydroxylation is 1. The Bertz CT molecular complexity index is 2020. The van der Waals surface area contributed by atoms with Crippen molar-refractivity contribution in [1.82, 2.24) is 4.98 Å². The number of allylic oxidation sites excluding steroid dienone is 2. The van der Waals surface area contributed by atoms with E-state index in [1.165, 1.54) is 47.2 Å². The number of pyridine rings is 1. The normalized spacial score (nSPS) is 13.1. The summed E-state index contributed by atoms with van der Waals surface area (Å²) in [5.41, 5.74) is 3.07. The smallest absolute Gasteiger partial charge is 0 e. The van der Waals surface area contributed by atoms with E-state index in [1.807, 2.05) is 37.4 Å². The van der Waals surface area contributed by atoms with Gasteiger partial charge in [0.2, 0.25) is 5.76 Å². The first-order valence-corrected chi connectivity index (χ1v) is 17.1. The summed E-state index contributed by atoms with van der Waals surface area (Å²) in [6, 6.07) is 20.1. The fourth-order valence-corrected chi connectivity index (χ4v) is 8.04. The number of benzene rings is 3. The monoisotopic (exact) mass is 927 g/mol. The van der Waals surface area contributed by atoms with Crippen molar-refractivity contribution in [2.24, 2.45) is 11.3 Å². The van der Waals surface area contributed by atoms with Crippen LogP contribution in [0.3, 0.4) is 0 Å². The zero-order valence-corrected chi connectivity index (χ0v) is 32.5. The second kappa shape index (κ2) is 14.7. The van der Waals surface area contributed by atoms with E-state index in [1.54, 1.807) is 0 Å². The van der Waals surface area contributed by atoms with Crippen molar-refractivity contribution in [3.63, 3.8) is 0 Å². The second-order valence-electron chi connectivity index (χ2n) is 13.9. The summed E-state index contributed by atoms with van der Waals surface area (Å²) in [6.07, 6.45) is -7.06. The van der Waals surface area contributed by atoms with Crippen molar-refractivity contribution in [2.45, 2.75) is 79.6 Å². The maximum absolute atomic E-state index is 13.6. The molecule has 0 saturated heterocycles. The molecule has 1 radical (unpaired) electrons. The van der Waals surface area contributed by atoms with Crippen LogP contribution in [0.4, 0.5) is 26.3 Å². The van der Waals surface area contributed by atoms with Gasteiger partial charge in [-0.25, -0.2) is 0 Å². The van der Waals surface area contributed by atoms with Gasteiger partial charge in [-0.2, -0.15) is 13.2 Å². The molecule has 2 aromatic heterocycles. The predicted octanol–water partition coefficient (Wildman–Crippen LogP) is 11.0. The summed E-state index contributed by atoms with van der Waals surface area (Å²) in [5, 5.41) is 12.8. The van der Waals surface area contributed by atoms with Gasteiger partial charge in [0, 0.05) is 32.1 Å². The van der Waals surface area contributed by atoms with Gasteiger partial charge in [-0.05, 0) is 0 Å². The van der Waals surface area contributed by atoms with Crippen molar-refractivity contribution in [2.75, 3.05) is 0 Å². The molecule has 0 spiro atoms. The van der Waals surface area contributed by atoms with Gasteiger partial charge in [-0.1, -0.05) is 13.8 Å². The standard InChI is InChI=1S/C31H29F3NSe.C7H9F3O2.Ir/c1-18-20(17-30(5,6)31(32,33)34)11-12-23-24-13-14-35-26(28(24)36-27(18)23)21-15-19-9-7-8-10-22(19)25(16-21)29(2,3)4;1-4(2)5(11)3-6(12)7(8,9)10;/h7-14,16H,17H2,1-6H3;3-4,12H,1-2H3;/q-1;;/b;6-3-;. The Kier molecular flexibility index (Phi) is 12.1. The molecule has 0 aliphatic heterocycles. The van der Waals surface area contributed by atoms with Crippen LogP contribution in [-0.4, -0.2) is 42.7 Å². The molecule has 0 unspecified atom stereocenters. The van der Waals surface area contributed by atoms with Crippen molar-refractivity contribution in [1.29, 1.82) is 0 Å². The number of ketones is 1. The average Bonchev–Trinajstić information content (AvgIpc) is 3.36. The summed E-state index contributed by atoms with van der Waals surface area (Å²) in [6.45, 7) is 14.1. The van der Waals surface area contributed by atoms with Crippen molar-refractivity contribution in [3.8, 4) is 11.3 Å². The molecule has 0 saturated carbocycles. The van der Waals surface area contributed by atoms with Gasteiger partial charge in [0.05, 0.1) is 0 Å². The molecule has 5 rings (SSSR count). The number of hydrogen-bond acceptors (Lipinski definition) is 3. The average molecular weight is 926 g/mol. The number of aromatic nitrogens is 1. The van der Waals surface area contributed by atoms with Crippen LogP contribution in [0, 0.1) is 24.3 Å². The first-order valence-electron chi connectivity index (χ1n) is 15.4. The summed E-state index contributed by atoms with van der Waals surface area (Å²) in [7, 11) is 0. The van der Waals surface area contributed by atoms with Gasteiger partial charge in [-0.3, -0.25) is 4.79 Å². The van der Waals surface area contributed by atoms with Crippen molar-refractivity contribution in [3.05, 3.63) is 89.3 Å². The van der Waals surface area contributed by atoms with E-state index in [9.17, 15) is 31.1 Å². The second-order valence-corrected chi connectivity index (χ2v) is 16.0. The molecule has 5 aromatic rings. The predicted molar refractivity (Wildman–Crippen MR) is 182 cm³/mol. The molecule has 0 atom stereocenters. The third kappa shape index (κ3) is 8.86. The minimum atomic E-state index is -4.83.